The van der Waals surface area contributed by atoms with Crippen molar-refractivity contribution in [2.45, 2.75) is 44.2 Å². The number of amides is 2. The molecule has 0 fully saturated rings. The van der Waals surface area contributed by atoms with Crippen LogP contribution < -0.4 is 9.62 Å². The van der Waals surface area contributed by atoms with Gasteiger partial charge in [0.2, 0.25) is 11.8 Å². The van der Waals surface area contributed by atoms with Crippen LogP contribution in [0.25, 0.3) is 0 Å². The zero-order chi connectivity index (χ0) is 31.7. The zero-order valence-corrected chi connectivity index (χ0v) is 26.9. The van der Waals surface area contributed by atoms with Gasteiger partial charge in [0, 0.05) is 24.5 Å². The van der Waals surface area contributed by atoms with Crippen molar-refractivity contribution in [1.82, 2.24) is 10.2 Å². The van der Waals surface area contributed by atoms with Crippen molar-refractivity contribution in [3.8, 4) is 0 Å². The minimum Gasteiger partial charge on any atom is -0.354 e. The van der Waals surface area contributed by atoms with Gasteiger partial charge >= 0.3 is 0 Å². The van der Waals surface area contributed by atoms with Gasteiger partial charge < -0.3 is 10.2 Å². The minimum atomic E-state index is -4.24. The summed E-state index contributed by atoms with van der Waals surface area (Å²) < 4.78 is 29.2. The lowest BCUT2D eigenvalue weighted by Gasteiger charge is -2.34. The largest absolute Gasteiger partial charge is 0.354 e. The van der Waals surface area contributed by atoms with Crippen LogP contribution in [0.1, 0.15) is 30.0 Å². The highest BCUT2D eigenvalue weighted by Crippen LogP contribution is 2.31. The lowest BCUT2D eigenvalue weighted by molar-refractivity contribution is -0.140. The van der Waals surface area contributed by atoms with Gasteiger partial charge in [-0.2, -0.15) is 0 Å². The molecule has 0 saturated heterocycles. The molecule has 4 rings (SSSR count). The summed E-state index contributed by atoms with van der Waals surface area (Å²) in [6, 6.07) is 28.3. The number of nitrogens with one attached hydrogen (secondary N) is 1. The number of hydrogen-bond donors (Lipinski definition) is 1. The van der Waals surface area contributed by atoms with E-state index in [0.717, 1.165) is 21.0 Å². The Morgan fingerprint density at radius 1 is 0.818 bits per heavy atom. The summed E-state index contributed by atoms with van der Waals surface area (Å²) in [6.07, 6.45) is 0.941. The van der Waals surface area contributed by atoms with E-state index < -0.39 is 28.5 Å². The van der Waals surface area contributed by atoms with Gasteiger partial charge in [-0.15, -0.1) is 0 Å². The number of carbonyl (C=O) groups is 2. The van der Waals surface area contributed by atoms with Gasteiger partial charge in [0.15, 0.2) is 0 Å². The van der Waals surface area contributed by atoms with Crippen molar-refractivity contribution in [2.24, 2.45) is 0 Å². The van der Waals surface area contributed by atoms with Crippen LogP contribution in [-0.2, 0) is 32.6 Å². The van der Waals surface area contributed by atoms with Crippen LogP contribution in [0.2, 0.25) is 10.0 Å². The molecule has 1 N–H and O–H groups in total. The third-order valence-corrected chi connectivity index (χ3v) is 9.44. The van der Waals surface area contributed by atoms with E-state index in [1.165, 1.54) is 17.0 Å². The van der Waals surface area contributed by atoms with Crippen LogP contribution >= 0.6 is 23.2 Å². The number of rotatable bonds is 13. The highest BCUT2D eigenvalue weighted by molar-refractivity contribution is 7.92. The first-order valence-corrected chi connectivity index (χ1v) is 16.5. The van der Waals surface area contributed by atoms with Gasteiger partial charge in [-0.25, -0.2) is 8.42 Å². The molecule has 0 radical (unpaired) electrons. The molecule has 4 aromatic carbocycles. The first-order chi connectivity index (χ1) is 21.1. The molecule has 0 aliphatic heterocycles. The van der Waals surface area contributed by atoms with Gasteiger partial charge in [0.25, 0.3) is 10.0 Å². The topological polar surface area (TPSA) is 86.8 Å². The Kier molecular flexibility index (Phi) is 11.4. The maximum atomic E-state index is 14.4. The zero-order valence-electron chi connectivity index (χ0n) is 24.6. The van der Waals surface area contributed by atoms with Crippen LogP contribution in [0, 0.1) is 6.92 Å². The second-order valence-corrected chi connectivity index (χ2v) is 13.1. The summed E-state index contributed by atoms with van der Waals surface area (Å²) >= 11 is 12.6. The molecule has 230 valence electrons. The van der Waals surface area contributed by atoms with Crippen molar-refractivity contribution >= 4 is 50.7 Å². The number of aryl methyl sites for hydroxylation is 1. The van der Waals surface area contributed by atoms with Gasteiger partial charge in [-0.3, -0.25) is 13.9 Å². The molecule has 0 saturated carbocycles. The first kappa shape index (κ1) is 33.1. The van der Waals surface area contributed by atoms with Crippen molar-refractivity contribution in [2.75, 3.05) is 17.4 Å². The summed E-state index contributed by atoms with van der Waals surface area (Å²) in [7, 11) is -4.24. The third-order valence-electron chi connectivity index (χ3n) is 7.10. The van der Waals surface area contributed by atoms with Crippen LogP contribution in [0.15, 0.2) is 108 Å². The number of para-hydroxylation sites is 1. The molecule has 0 heterocycles. The van der Waals surface area contributed by atoms with Crippen LogP contribution in [0.3, 0.4) is 0 Å². The second kappa shape index (κ2) is 15.2. The number of benzene rings is 4. The Morgan fingerprint density at radius 2 is 1.45 bits per heavy atom. The Morgan fingerprint density at radius 3 is 2.09 bits per heavy atom. The van der Waals surface area contributed by atoms with Crippen LogP contribution in [0.5, 0.6) is 0 Å². The Labute approximate surface area is 269 Å². The van der Waals surface area contributed by atoms with Gasteiger partial charge in [-0.1, -0.05) is 102 Å². The Balaban J connectivity index is 1.80. The summed E-state index contributed by atoms with van der Waals surface area (Å²) in [5.74, 6) is -0.896. The quantitative estimate of drug-likeness (QED) is 0.175. The number of nitrogens with zero attached hydrogens (tertiary/aromatic N) is 2. The maximum absolute atomic E-state index is 14.4. The number of halogens is 2. The lowest BCUT2D eigenvalue weighted by atomic mass is 10.0. The molecule has 2 amide bonds. The summed E-state index contributed by atoms with van der Waals surface area (Å²) in [5, 5.41) is 3.63. The van der Waals surface area contributed by atoms with E-state index in [2.05, 4.69) is 5.32 Å². The molecule has 0 aliphatic carbocycles. The van der Waals surface area contributed by atoms with E-state index in [1.807, 2.05) is 44.2 Å². The molecule has 1 atom stereocenters. The summed E-state index contributed by atoms with van der Waals surface area (Å²) in [5.41, 5.74) is 2.63. The van der Waals surface area contributed by atoms with Gasteiger partial charge in [0.05, 0.1) is 15.6 Å². The van der Waals surface area contributed by atoms with Gasteiger partial charge in [0.1, 0.15) is 12.6 Å². The fourth-order valence-corrected chi connectivity index (χ4v) is 6.56. The predicted molar refractivity (Wildman–Crippen MR) is 176 cm³/mol. The third kappa shape index (κ3) is 8.40. The monoisotopic (exact) mass is 651 g/mol. The van der Waals surface area contributed by atoms with Gasteiger partial charge in [-0.05, 0) is 60.9 Å². The second-order valence-electron chi connectivity index (χ2n) is 10.4. The molecule has 0 aliphatic rings. The smallest absolute Gasteiger partial charge is 0.264 e. The number of sulfonamides is 1. The summed E-state index contributed by atoms with van der Waals surface area (Å²) in [6.45, 7) is 3.70. The first-order valence-electron chi connectivity index (χ1n) is 14.3. The fourth-order valence-electron chi connectivity index (χ4n) is 4.71. The molecule has 7 nitrogen and oxygen atoms in total. The van der Waals surface area contributed by atoms with E-state index in [0.29, 0.717) is 18.0 Å². The molecule has 10 heteroatoms. The fraction of sp³-hybridized carbons (Fsp3) is 0.235. The predicted octanol–water partition coefficient (Wildman–Crippen LogP) is 6.66. The van der Waals surface area contributed by atoms with Crippen molar-refractivity contribution in [3.05, 3.63) is 130 Å². The van der Waals surface area contributed by atoms with E-state index in [-0.39, 0.29) is 34.5 Å². The van der Waals surface area contributed by atoms with E-state index in [4.69, 9.17) is 23.2 Å². The Bertz CT molecular complexity index is 1670. The minimum absolute atomic E-state index is 0.0154. The number of anilines is 1. The van der Waals surface area contributed by atoms with E-state index in [9.17, 15) is 18.0 Å². The highest BCUT2D eigenvalue weighted by Gasteiger charge is 2.35. The average Bonchev–Trinajstić information content (AvgIpc) is 3.02. The van der Waals surface area contributed by atoms with Crippen LogP contribution in [-0.4, -0.2) is 44.3 Å². The molecule has 0 spiro atoms. The summed E-state index contributed by atoms with van der Waals surface area (Å²) in [4.78, 5) is 29.6. The number of carbonyl (C=O) groups excluding carboxylic acids is 2. The average molecular weight is 653 g/mol. The molecule has 4 aromatic rings. The van der Waals surface area contributed by atoms with E-state index >= 15 is 0 Å². The lowest BCUT2D eigenvalue weighted by Crippen LogP contribution is -2.53. The van der Waals surface area contributed by atoms with E-state index in [1.54, 1.807) is 60.7 Å². The van der Waals surface area contributed by atoms with Crippen molar-refractivity contribution in [3.63, 3.8) is 0 Å². The van der Waals surface area contributed by atoms with Crippen molar-refractivity contribution in [1.29, 1.82) is 0 Å². The molecule has 0 bridgehead atoms. The maximum Gasteiger partial charge on any atom is 0.264 e. The van der Waals surface area contributed by atoms with Crippen molar-refractivity contribution < 1.29 is 18.0 Å². The highest BCUT2D eigenvalue weighted by atomic mass is 35.5. The SMILES string of the molecule is CCCNC(=O)[C@@H](Cc1ccccc1)N(Cc1ccc(Cl)cc1)C(=O)CN(c1ccccc1Cl)S(=O)(=O)c1ccc(C)cc1. The molecular weight excluding hydrogens is 617 g/mol. The molecule has 44 heavy (non-hydrogen) atoms. The van der Waals surface area contributed by atoms with Crippen LogP contribution in [0.4, 0.5) is 5.69 Å². The molecular formula is C34H35Cl2N3O4S. The Hall–Kier alpha value is -3.85. The standard InChI is InChI=1S/C34H35Cl2N3O4S/c1-3-21-37-34(41)32(22-26-9-5-4-6-10-26)38(23-27-15-17-28(35)18-16-27)33(40)24-39(31-12-8-7-11-30(31)36)44(42,43)29-19-13-25(2)14-20-29/h4-20,32H,3,21-24H2,1-2H3,(H,37,41)/t32-/m1/s1. The molecule has 0 unspecified atom stereocenters. The number of hydrogen-bond acceptors (Lipinski definition) is 4. The molecule has 0 aromatic heterocycles. The normalized spacial score (nSPS) is 11.9.